The first-order valence-corrected chi connectivity index (χ1v) is 12.1. The van der Waals surface area contributed by atoms with Crippen LogP contribution >= 0.6 is 0 Å². The van der Waals surface area contributed by atoms with Crippen molar-refractivity contribution in [2.45, 2.75) is 18.9 Å². The number of aliphatic hydroxyl groups excluding tert-OH is 1. The summed E-state index contributed by atoms with van der Waals surface area (Å²) in [5.41, 5.74) is 3.95. The van der Waals surface area contributed by atoms with E-state index in [-0.39, 0.29) is 17.9 Å². The molecule has 0 aliphatic carbocycles. The molecule has 8 nitrogen and oxygen atoms in total. The normalized spacial score (nSPS) is 14.6. The number of amides is 1. The van der Waals surface area contributed by atoms with E-state index >= 15 is 0 Å². The smallest absolute Gasteiger partial charge is 0.337 e. The number of esters is 1. The molecule has 3 N–H and O–H groups in total. The molecule has 37 heavy (non-hydrogen) atoms. The van der Waals surface area contributed by atoms with Crippen LogP contribution in [0.5, 0.6) is 5.88 Å². The number of aliphatic hydroxyl groups is 1. The van der Waals surface area contributed by atoms with Gasteiger partial charge in [-0.05, 0) is 49.2 Å². The number of aromatic hydroxyl groups is 1. The van der Waals surface area contributed by atoms with E-state index in [1.54, 1.807) is 47.4 Å². The number of hydrogen-bond donors (Lipinski definition) is 3. The fraction of sp³-hybridized carbons (Fsp3) is 0.207. The van der Waals surface area contributed by atoms with E-state index in [0.29, 0.717) is 64.9 Å². The third-order valence-electron chi connectivity index (χ3n) is 6.59. The second-order valence-electron chi connectivity index (χ2n) is 9.00. The summed E-state index contributed by atoms with van der Waals surface area (Å²) in [6, 6.07) is 21.6. The van der Waals surface area contributed by atoms with E-state index in [2.05, 4.69) is 4.98 Å². The van der Waals surface area contributed by atoms with Gasteiger partial charge < -0.3 is 24.8 Å². The largest absolute Gasteiger partial charge is 0.494 e. The summed E-state index contributed by atoms with van der Waals surface area (Å²) < 4.78 is 4.81. The van der Waals surface area contributed by atoms with Crippen LogP contribution in [0.25, 0.3) is 10.9 Å². The second kappa shape index (κ2) is 10.3. The topological polar surface area (TPSA) is 115 Å². The van der Waals surface area contributed by atoms with Gasteiger partial charge in [-0.2, -0.15) is 0 Å². The van der Waals surface area contributed by atoms with Crippen molar-refractivity contribution in [3.05, 3.63) is 95.1 Å². The average Bonchev–Trinajstić information content (AvgIpc) is 3.26. The molecule has 4 aromatic rings. The number of rotatable bonds is 5. The van der Waals surface area contributed by atoms with E-state index in [0.717, 1.165) is 5.56 Å². The maximum absolute atomic E-state index is 12.9. The molecule has 0 radical (unpaired) electrons. The van der Waals surface area contributed by atoms with E-state index in [1.807, 2.05) is 30.3 Å². The zero-order valence-electron chi connectivity index (χ0n) is 20.3. The molecule has 1 aromatic heterocycles. The Bertz CT molecular complexity index is 1470. The number of carbonyl (C=O) groups is 2. The Morgan fingerprint density at radius 2 is 1.62 bits per heavy atom. The lowest BCUT2D eigenvalue weighted by atomic mass is 10.00. The Morgan fingerprint density at radius 1 is 0.946 bits per heavy atom. The van der Waals surface area contributed by atoms with Gasteiger partial charge in [0.05, 0.1) is 35.7 Å². The third kappa shape index (κ3) is 4.96. The number of nitrogens with one attached hydrogen (secondary N) is 1. The number of fused-ring (bicyclic) bond motifs is 1. The van der Waals surface area contributed by atoms with Crippen molar-refractivity contribution < 1.29 is 24.5 Å². The van der Waals surface area contributed by atoms with Crippen molar-refractivity contribution in [1.29, 1.82) is 0 Å². The molecule has 2 heterocycles. The van der Waals surface area contributed by atoms with Gasteiger partial charge in [0.2, 0.25) is 0 Å². The summed E-state index contributed by atoms with van der Waals surface area (Å²) in [4.78, 5) is 34.4. The number of methoxy groups -OCH3 is 1. The van der Waals surface area contributed by atoms with Crippen LogP contribution in [-0.2, 0) is 4.74 Å². The predicted molar refractivity (Wildman–Crippen MR) is 141 cm³/mol. The molecular formula is C29H27N3O5. The highest BCUT2D eigenvalue weighted by Gasteiger charge is 2.23. The van der Waals surface area contributed by atoms with Crippen LogP contribution in [0.2, 0.25) is 0 Å². The monoisotopic (exact) mass is 497 g/mol. The first-order chi connectivity index (χ1) is 17.9. The summed E-state index contributed by atoms with van der Waals surface area (Å²) in [5.74, 6) is -0.607. The van der Waals surface area contributed by atoms with Gasteiger partial charge in [0, 0.05) is 35.1 Å². The molecule has 0 atom stereocenters. The number of aromatic nitrogens is 1. The van der Waals surface area contributed by atoms with Crippen molar-refractivity contribution in [2.75, 3.05) is 20.2 Å². The van der Waals surface area contributed by atoms with Crippen molar-refractivity contribution in [3.8, 4) is 5.88 Å². The van der Waals surface area contributed by atoms with Crippen molar-refractivity contribution in [2.24, 2.45) is 4.99 Å². The molecule has 0 spiro atoms. The Labute approximate surface area is 213 Å². The first-order valence-electron chi connectivity index (χ1n) is 12.1. The molecule has 0 saturated carbocycles. The summed E-state index contributed by atoms with van der Waals surface area (Å²) >= 11 is 0. The zero-order valence-corrected chi connectivity index (χ0v) is 20.3. The van der Waals surface area contributed by atoms with Gasteiger partial charge in [-0.1, -0.05) is 36.4 Å². The number of piperidine rings is 1. The van der Waals surface area contributed by atoms with Gasteiger partial charge in [-0.3, -0.25) is 4.79 Å². The van der Waals surface area contributed by atoms with Gasteiger partial charge in [0.1, 0.15) is 0 Å². The number of likely N-dealkylation sites (tertiary alicyclic amines) is 1. The SMILES string of the molecule is COC(=O)c1ccc2c(C(=Nc3ccc(C(=O)N4CCC(O)CC4)cc3)c3ccccc3)c(O)[nH]c2c1. The first kappa shape index (κ1) is 24.3. The molecule has 188 valence electrons. The number of nitrogens with zero attached hydrogens (tertiary/aromatic N) is 2. The van der Waals surface area contributed by atoms with E-state index in [4.69, 9.17) is 9.73 Å². The minimum Gasteiger partial charge on any atom is -0.494 e. The predicted octanol–water partition coefficient (Wildman–Crippen LogP) is 4.43. The van der Waals surface area contributed by atoms with E-state index in [1.165, 1.54) is 7.11 Å². The molecule has 1 aliphatic rings. The number of aromatic amines is 1. The highest BCUT2D eigenvalue weighted by atomic mass is 16.5. The Balaban J connectivity index is 1.53. The summed E-state index contributed by atoms with van der Waals surface area (Å²) in [6.45, 7) is 1.07. The Kier molecular flexibility index (Phi) is 6.74. The number of benzene rings is 3. The zero-order chi connectivity index (χ0) is 25.9. The van der Waals surface area contributed by atoms with E-state index < -0.39 is 5.97 Å². The minimum absolute atomic E-state index is 0.0682. The van der Waals surface area contributed by atoms with E-state index in [9.17, 15) is 19.8 Å². The molecular weight excluding hydrogens is 470 g/mol. The number of hydrogen-bond acceptors (Lipinski definition) is 6. The van der Waals surface area contributed by atoms with Gasteiger partial charge in [-0.25, -0.2) is 9.79 Å². The van der Waals surface area contributed by atoms with Crippen LogP contribution in [0.1, 0.15) is 44.7 Å². The molecule has 5 rings (SSSR count). The van der Waals surface area contributed by atoms with Gasteiger partial charge in [-0.15, -0.1) is 0 Å². The van der Waals surface area contributed by atoms with Crippen LogP contribution in [-0.4, -0.2) is 64.0 Å². The lowest BCUT2D eigenvalue weighted by molar-refractivity contribution is 0.0545. The summed E-state index contributed by atoms with van der Waals surface area (Å²) in [7, 11) is 1.32. The maximum Gasteiger partial charge on any atom is 0.337 e. The van der Waals surface area contributed by atoms with Crippen molar-refractivity contribution in [3.63, 3.8) is 0 Å². The Hall–Kier alpha value is -4.43. The lowest BCUT2D eigenvalue weighted by Crippen LogP contribution is -2.40. The highest BCUT2D eigenvalue weighted by Crippen LogP contribution is 2.32. The number of ether oxygens (including phenoxy) is 1. The van der Waals surface area contributed by atoms with Crippen LogP contribution in [0.4, 0.5) is 5.69 Å². The number of aliphatic imine (C=N–C) groups is 1. The molecule has 1 aliphatic heterocycles. The fourth-order valence-electron chi connectivity index (χ4n) is 4.59. The van der Waals surface area contributed by atoms with Crippen LogP contribution in [0, 0.1) is 0 Å². The van der Waals surface area contributed by atoms with Crippen LogP contribution in [0.15, 0.2) is 77.8 Å². The summed E-state index contributed by atoms with van der Waals surface area (Å²) in [5, 5.41) is 21.3. The molecule has 0 unspecified atom stereocenters. The van der Waals surface area contributed by atoms with Crippen LogP contribution < -0.4 is 0 Å². The molecule has 1 fully saturated rings. The quantitative estimate of drug-likeness (QED) is 0.279. The van der Waals surface area contributed by atoms with Gasteiger partial charge in [0.15, 0.2) is 5.88 Å². The van der Waals surface area contributed by atoms with Crippen LogP contribution in [0.3, 0.4) is 0 Å². The third-order valence-corrected chi connectivity index (χ3v) is 6.59. The molecule has 8 heteroatoms. The molecule has 1 amide bonds. The average molecular weight is 498 g/mol. The van der Waals surface area contributed by atoms with Gasteiger partial charge in [0.25, 0.3) is 5.91 Å². The van der Waals surface area contributed by atoms with Crippen molar-refractivity contribution in [1.82, 2.24) is 9.88 Å². The number of carbonyl (C=O) groups excluding carboxylic acids is 2. The summed E-state index contributed by atoms with van der Waals surface area (Å²) in [6.07, 6.45) is 0.832. The minimum atomic E-state index is -0.468. The Morgan fingerprint density at radius 3 is 2.30 bits per heavy atom. The standard InChI is InChI=1S/C29H27N3O5/c1-37-29(36)20-9-12-23-24(17-20)31-27(34)25(23)26(18-5-3-2-4-6-18)30-21-10-7-19(8-11-21)28(35)32-15-13-22(33)14-16-32/h2-12,17,22,31,33-34H,13-16H2,1H3. The highest BCUT2D eigenvalue weighted by molar-refractivity contribution is 6.22. The lowest BCUT2D eigenvalue weighted by Gasteiger charge is -2.29. The second-order valence-corrected chi connectivity index (χ2v) is 9.00. The molecule has 0 bridgehead atoms. The van der Waals surface area contributed by atoms with Gasteiger partial charge >= 0.3 is 5.97 Å². The van der Waals surface area contributed by atoms with Crippen molar-refractivity contribution >= 4 is 34.2 Å². The fourth-order valence-corrected chi connectivity index (χ4v) is 4.59. The molecule has 3 aromatic carbocycles. The number of H-pyrrole nitrogens is 1. The maximum atomic E-state index is 12.9. The molecule has 1 saturated heterocycles.